The van der Waals surface area contributed by atoms with E-state index in [0.29, 0.717) is 11.9 Å². The fraction of sp³-hybridized carbons (Fsp3) is 0.353. The molecule has 1 aromatic carbocycles. The normalized spacial score (nSPS) is 11.3. The third-order valence-corrected chi connectivity index (χ3v) is 3.87. The maximum absolute atomic E-state index is 6.13. The van der Waals surface area contributed by atoms with Crippen molar-refractivity contribution in [3.63, 3.8) is 0 Å². The summed E-state index contributed by atoms with van der Waals surface area (Å²) in [4.78, 5) is 13.1. The highest BCUT2D eigenvalue weighted by molar-refractivity contribution is 5.82. The number of aryl methyl sites for hydroxylation is 2. The van der Waals surface area contributed by atoms with Crippen molar-refractivity contribution in [3.05, 3.63) is 35.7 Å². The van der Waals surface area contributed by atoms with Gasteiger partial charge in [-0.05, 0) is 43.0 Å². The van der Waals surface area contributed by atoms with Crippen LogP contribution in [0.15, 0.2) is 24.5 Å². The van der Waals surface area contributed by atoms with Crippen LogP contribution >= 0.6 is 0 Å². The number of rotatable bonds is 4. The van der Waals surface area contributed by atoms with Crippen molar-refractivity contribution < 1.29 is 0 Å². The second-order valence-electron chi connectivity index (χ2n) is 6.27. The van der Waals surface area contributed by atoms with E-state index in [1.54, 1.807) is 6.33 Å². The van der Waals surface area contributed by atoms with Crippen LogP contribution in [0.5, 0.6) is 0 Å². The Hall–Kier alpha value is -2.63. The summed E-state index contributed by atoms with van der Waals surface area (Å²) in [5.74, 6) is 2.47. The van der Waals surface area contributed by atoms with Gasteiger partial charge in [0.05, 0.1) is 11.0 Å². The zero-order valence-corrected chi connectivity index (χ0v) is 14.0. The van der Waals surface area contributed by atoms with Crippen LogP contribution in [0.25, 0.3) is 16.9 Å². The molecule has 3 rings (SSSR count). The average Bonchev–Trinajstić information content (AvgIpc) is 2.81. The van der Waals surface area contributed by atoms with Crippen molar-refractivity contribution in [2.45, 2.75) is 27.7 Å². The number of aromatic nitrogens is 4. The highest BCUT2D eigenvalue weighted by Gasteiger charge is 2.13. The molecule has 0 saturated heterocycles. The summed E-state index contributed by atoms with van der Waals surface area (Å²) in [5.41, 5.74) is 10.4. The van der Waals surface area contributed by atoms with Crippen molar-refractivity contribution in [2.75, 3.05) is 17.6 Å². The lowest BCUT2D eigenvalue weighted by Crippen LogP contribution is -2.10. The number of hydrogen-bond donors (Lipinski definition) is 2. The molecule has 0 spiro atoms. The molecule has 0 amide bonds. The van der Waals surface area contributed by atoms with Gasteiger partial charge in [-0.3, -0.25) is 4.57 Å². The number of imidazole rings is 1. The lowest BCUT2D eigenvalue weighted by atomic mass is 10.1. The SMILES string of the molecule is Cc1cc2nc(N)n(-c3cc(NCC(C)C)ncn3)c2cc1C. The van der Waals surface area contributed by atoms with Gasteiger partial charge in [-0.2, -0.15) is 0 Å². The Morgan fingerprint density at radius 2 is 1.87 bits per heavy atom. The van der Waals surface area contributed by atoms with E-state index in [4.69, 9.17) is 5.73 Å². The fourth-order valence-electron chi connectivity index (χ4n) is 2.47. The highest BCUT2D eigenvalue weighted by atomic mass is 15.2. The Labute approximate surface area is 135 Å². The van der Waals surface area contributed by atoms with Crippen molar-refractivity contribution in [3.8, 4) is 5.82 Å². The van der Waals surface area contributed by atoms with E-state index in [1.807, 2.05) is 10.6 Å². The summed E-state index contributed by atoms with van der Waals surface area (Å²) in [5, 5.41) is 3.31. The van der Waals surface area contributed by atoms with Crippen molar-refractivity contribution in [1.29, 1.82) is 0 Å². The first kappa shape index (κ1) is 15.3. The van der Waals surface area contributed by atoms with Crippen LogP contribution in [0.2, 0.25) is 0 Å². The highest BCUT2D eigenvalue weighted by Crippen LogP contribution is 2.25. The van der Waals surface area contributed by atoms with E-state index in [0.717, 1.165) is 29.2 Å². The van der Waals surface area contributed by atoms with Gasteiger partial charge in [-0.15, -0.1) is 0 Å². The quantitative estimate of drug-likeness (QED) is 0.774. The van der Waals surface area contributed by atoms with Crippen LogP contribution < -0.4 is 11.1 Å². The number of anilines is 2. The summed E-state index contributed by atoms with van der Waals surface area (Å²) >= 11 is 0. The van der Waals surface area contributed by atoms with Gasteiger partial charge < -0.3 is 11.1 Å². The molecule has 3 N–H and O–H groups in total. The Morgan fingerprint density at radius 3 is 2.61 bits per heavy atom. The minimum Gasteiger partial charge on any atom is -0.370 e. The number of hydrogen-bond acceptors (Lipinski definition) is 5. The molecule has 120 valence electrons. The smallest absolute Gasteiger partial charge is 0.207 e. The Kier molecular flexibility index (Phi) is 3.90. The summed E-state index contributed by atoms with van der Waals surface area (Å²) in [6.07, 6.45) is 1.55. The number of nitrogens with two attached hydrogens (primary N) is 1. The number of benzene rings is 1. The van der Waals surface area contributed by atoms with Gasteiger partial charge in [0, 0.05) is 12.6 Å². The van der Waals surface area contributed by atoms with Crippen LogP contribution in [-0.4, -0.2) is 26.1 Å². The van der Waals surface area contributed by atoms with Crippen LogP contribution in [0.3, 0.4) is 0 Å². The standard InChI is InChI=1S/C17H22N6/c1-10(2)8-19-15-7-16(21-9-20-15)23-14-6-12(4)11(3)5-13(14)22-17(23)18/h5-7,9-10H,8H2,1-4H3,(H2,18,22)(H,19,20,21). The summed E-state index contributed by atoms with van der Waals surface area (Å²) in [7, 11) is 0. The van der Waals surface area contributed by atoms with Crippen LogP contribution in [0, 0.1) is 19.8 Å². The zero-order chi connectivity index (χ0) is 16.6. The lowest BCUT2D eigenvalue weighted by molar-refractivity contribution is 0.686. The van der Waals surface area contributed by atoms with Gasteiger partial charge in [0.1, 0.15) is 18.0 Å². The van der Waals surface area contributed by atoms with E-state index in [1.165, 1.54) is 11.1 Å². The van der Waals surface area contributed by atoms with E-state index in [2.05, 4.69) is 60.1 Å². The first-order valence-electron chi connectivity index (χ1n) is 7.77. The minimum atomic E-state index is 0.429. The van der Waals surface area contributed by atoms with Gasteiger partial charge in [0.2, 0.25) is 5.95 Å². The molecular formula is C17H22N6. The molecule has 0 aliphatic rings. The first-order valence-corrected chi connectivity index (χ1v) is 7.77. The second kappa shape index (κ2) is 5.87. The Bertz CT molecular complexity index is 850. The van der Waals surface area contributed by atoms with Crippen molar-refractivity contribution in [2.24, 2.45) is 5.92 Å². The maximum atomic E-state index is 6.13. The van der Waals surface area contributed by atoms with Gasteiger partial charge in [0.25, 0.3) is 0 Å². The molecule has 0 fully saturated rings. The van der Waals surface area contributed by atoms with Gasteiger partial charge in [-0.1, -0.05) is 13.8 Å². The lowest BCUT2D eigenvalue weighted by Gasteiger charge is -2.10. The van der Waals surface area contributed by atoms with E-state index >= 15 is 0 Å². The van der Waals surface area contributed by atoms with Crippen LogP contribution in [0.1, 0.15) is 25.0 Å². The van der Waals surface area contributed by atoms with Gasteiger partial charge in [0.15, 0.2) is 0 Å². The summed E-state index contributed by atoms with van der Waals surface area (Å²) in [6, 6.07) is 6.04. The predicted octanol–water partition coefficient (Wildman–Crippen LogP) is 3.08. The summed E-state index contributed by atoms with van der Waals surface area (Å²) < 4.78 is 1.87. The van der Waals surface area contributed by atoms with Crippen molar-refractivity contribution in [1.82, 2.24) is 19.5 Å². The molecule has 0 atom stereocenters. The molecule has 6 nitrogen and oxygen atoms in total. The Morgan fingerprint density at radius 1 is 1.13 bits per heavy atom. The minimum absolute atomic E-state index is 0.429. The molecule has 0 aliphatic heterocycles. The molecule has 23 heavy (non-hydrogen) atoms. The monoisotopic (exact) mass is 310 g/mol. The van der Waals surface area contributed by atoms with Crippen molar-refractivity contribution >= 4 is 22.8 Å². The molecule has 0 unspecified atom stereocenters. The molecule has 3 aromatic rings. The third-order valence-electron chi connectivity index (χ3n) is 3.87. The summed E-state index contributed by atoms with van der Waals surface area (Å²) in [6.45, 7) is 9.32. The molecule has 2 heterocycles. The number of nitrogens with one attached hydrogen (secondary N) is 1. The van der Waals surface area contributed by atoms with E-state index in [9.17, 15) is 0 Å². The number of nitrogens with zero attached hydrogens (tertiary/aromatic N) is 4. The van der Waals surface area contributed by atoms with E-state index in [-0.39, 0.29) is 0 Å². The second-order valence-corrected chi connectivity index (χ2v) is 6.27. The van der Waals surface area contributed by atoms with Crippen LogP contribution in [-0.2, 0) is 0 Å². The zero-order valence-electron chi connectivity index (χ0n) is 14.0. The van der Waals surface area contributed by atoms with Crippen LogP contribution in [0.4, 0.5) is 11.8 Å². The molecule has 0 saturated carbocycles. The number of fused-ring (bicyclic) bond motifs is 1. The molecule has 0 aliphatic carbocycles. The number of nitrogen functional groups attached to an aromatic ring is 1. The first-order chi connectivity index (χ1) is 11.0. The van der Waals surface area contributed by atoms with E-state index < -0.39 is 0 Å². The molecule has 6 heteroatoms. The largest absolute Gasteiger partial charge is 0.370 e. The average molecular weight is 310 g/mol. The van der Waals surface area contributed by atoms with Gasteiger partial charge in [-0.25, -0.2) is 15.0 Å². The maximum Gasteiger partial charge on any atom is 0.207 e. The third kappa shape index (κ3) is 2.97. The predicted molar refractivity (Wildman–Crippen MR) is 93.9 cm³/mol. The topological polar surface area (TPSA) is 81.6 Å². The Balaban J connectivity index is 2.08. The molecule has 0 radical (unpaired) electrons. The fourth-order valence-corrected chi connectivity index (χ4v) is 2.47. The molecule has 2 aromatic heterocycles. The van der Waals surface area contributed by atoms with Gasteiger partial charge >= 0.3 is 0 Å². The molecular weight excluding hydrogens is 288 g/mol. The molecule has 0 bridgehead atoms.